The van der Waals surface area contributed by atoms with Crippen LogP contribution in [0.2, 0.25) is 0 Å². The number of rotatable bonds is 5. The van der Waals surface area contributed by atoms with E-state index < -0.39 is 6.09 Å². The maximum Gasteiger partial charge on any atom is 0.417 e. The zero-order valence-corrected chi connectivity index (χ0v) is 17.9. The van der Waals surface area contributed by atoms with Gasteiger partial charge in [-0.2, -0.15) is 5.10 Å². The van der Waals surface area contributed by atoms with E-state index >= 15 is 0 Å². The molecular formula is C25H22N6O2. The minimum Gasteiger partial charge on any atom is -0.410 e. The number of benzene rings is 3. The van der Waals surface area contributed by atoms with Crippen LogP contribution in [0.5, 0.6) is 5.75 Å². The molecule has 2 aromatic heterocycles. The first-order chi connectivity index (χ1) is 16.0. The summed E-state index contributed by atoms with van der Waals surface area (Å²) >= 11 is 0. The lowest BCUT2D eigenvalue weighted by Gasteiger charge is -2.10. The number of fused-ring (bicyclic) bond motifs is 2. The van der Waals surface area contributed by atoms with Crippen molar-refractivity contribution in [3.8, 4) is 5.75 Å². The second-order valence-corrected chi connectivity index (χ2v) is 7.77. The molecule has 5 rings (SSSR count). The number of aromatic nitrogens is 3. The van der Waals surface area contributed by atoms with Crippen LogP contribution in [0.15, 0.2) is 72.9 Å². The van der Waals surface area contributed by atoms with E-state index in [2.05, 4.69) is 25.8 Å². The molecule has 164 valence electrons. The summed E-state index contributed by atoms with van der Waals surface area (Å²) in [6.45, 7) is 2.53. The third-order valence-corrected chi connectivity index (χ3v) is 5.29. The Bertz CT molecular complexity index is 1460. The highest BCUT2D eigenvalue weighted by Gasteiger charge is 2.08. The van der Waals surface area contributed by atoms with E-state index in [0.717, 1.165) is 38.8 Å². The molecule has 0 saturated heterocycles. The maximum atomic E-state index is 12.3. The third-order valence-electron chi connectivity index (χ3n) is 5.29. The Kier molecular flexibility index (Phi) is 5.24. The van der Waals surface area contributed by atoms with Crippen molar-refractivity contribution in [3.05, 3.63) is 84.2 Å². The molecule has 0 spiro atoms. The number of hydrogen-bond acceptors (Lipinski definition) is 6. The molecular weight excluding hydrogens is 416 g/mol. The Morgan fingerprint density at radius 3 is 2.70 bits per heavy atom. The molecule has 5 N–H and O–H groups in total. The number of H-pyrrole nitrogens is 1. The van der Waals surface area contributed by atoms with Gasteiger partial charge in [-0.1, -0.05) is 12.1 Å². The summed E-state index contributed by atoms with van der Waals surface area (Å²) in [6, 6.07) is 20.6. The number of ether oxygens (including phenoxy) is 1. The molecule has 5 aromatic rings. The predicted molar refractivity (Wildman–Crippen MR) is 130 cm³/mol. The summed E-state index contributed by atoms with van der Waals surface area (Å²) < 4.78 is 5.42. The number of pyridine rings is 1. The van der Waals surface area contributed by atoms with Crippen molar-refractivity contribution in [1.29, 1.82) is 0 Å². The summed E-state index contributed by atoms with van der Waals surface area (Å²) in [4.78, 5) is 16.8. The number of nitrogens with two attached hydrogens (primary N) is 1. The number of aryl methyl sites for hydroxylation is 1. The Hall–Kier alpha value is -4.59. The zero-order valence-electron chi connectivity index (χ0n) is 17.9. The maximum absolute atomic E-state index is 12.3. The minimum absolute atomic E-state index is 0.396. The van der Waals surface area contributed by atoms with Crippen molar-refractivity contribution in [3.63, 3.8) is 0 Å². The Morgan fingerprint density at radius 1 is 1.03 bits per heavy atom. The van der Waals surface area contributed by atoms with Gasteiger partial charge in [0.15, 0.2) is 0 Å². The molecule has 0 saturated carbocycles. The lowest BCUT2D eigenvalue weighted by molar-refractivity contribution is 0.215. The first-order valence-corrected chi connectivity index (χ1v) is 10.5. The zero-order chi connectivity index (χ0) is 22.8. The number of carbonyl (C=O) groups excluding carboxylic acids is 1. The largest absolute Gasteiger partial charge is 0.417 e. The average Bonchev–Trinajstić information content (AvgIpc) is 3.27. The molecule has 0 aliphatic rings. The molecule has 8 nitrogen and oxygen atoms in total. The van der Waals surface area contributed by atoms with Crippen molar-refractivity contribution in [2.45, 2.75) is 13.5 Å². The van der Waals surface area contributed by atoms with E-state index in [1.54, 1.807) is 30.5 Å². The van der Waals surface area contributed by atoms with E-state index in [9.17, 15) is 4.79 Å². The fourth-order valence-corrected chi connectivity index (χ4v) is 3.64. The van der Waals surface area contributed by atoms with Gasteiger partial charge in [-0.15, -0.1) is 0 Å². The number of anilines is 3. The van der Waals surface area contributed by atoms with Crippen LogP contribution in [0.4, 0.5) is 21.9 Å². The molecule has 2 heterocycles. The van der Waals surface area contributed by atoms with Gasteiger partial charge in [0.1, 0.15) is 5.75 Å². The lowest BCUT2D eigenvalue weighted by Crippen LogP contribution is -2.16. The number of nitrogen functional groups attached to an aromatic ring is 1. The summed E-state index contributed by atoms with van der Waals surface area (Å²) in [6.07, 6.45) is 1.22. The Morgan fingerprint density at radius 2 is 1.85 bits per heavy atom. The molecule has 3 aromatic carbocycles. The van der Waals surface area contributed by atoms with Crippen molar-refractivity contribution in [2.24, 2.45) is 0 Å². The summed E-state index contributed by atoms with van der Waals surface area (Å²) in [5.74, 6) is 0.396. The van der Waals surface area contributed by atoms with E-state index in [4.69, 9.17) is 10.5 Å². The van der Waals surface area contributed by atoms with Gasteiger partial charge in [0.05, 0.1) is 17.2 Å². The van der Waals surface area contributed by atoms with Gasteiger partial charge in [-0.3, -0.25) is 15.4 Å². The molecule has 0 radical (unpaired) electrons. The van der Waals surface area contributed by atoms with Crippen LogP contribution in [-0.4, -0.2) is 21.3 Å². The van der Waals surface area contributed by atoms with Gasteiger partial charge in [0, 0.05) is 40.1 Å². The van der Waals surface area contributed by atoms with Crippen LogP contribution in [0.1, 0.15) is 11.3 Å². The molecule has 0 aliphatic heterocycles. The summed E-state index contributed by atoms with van der Waals surface area (Å²) in [5.41, 5.74) is 12.0. The quantitative estimate of drug-likeness (QED) is 0.299. The number of carbonyl (C=O) groups is 1. The summed E-state index contributed by atoms with van der Waals surface area (Å²) in [5, 5.41) is 14.9. The van der Waals surface area contributed by atoms with E-state index in [0.29, 0.717) is 23.7 Å². The van der Waals surface area contributed by atoms with Crippen molar-refractivity contribution in [1.82, 2.24) is 15.2 Å². The standard InChI is InChI=1S/C25H22N6O2/c1-15-10-22(26)21-12-20(8-9-23(21)29-15)33-25(32)30-18-5-2-16(3-6-18)13-27-19-7-4-17-14-28-31-24(17)11-19/h2-12,14,27H,13H2,1H3,(H2,26,29)(H,28,31)(H,30,32). The average molecular weight is 438 g/mol. The van der Waals surface area contributed by atoms with Crippen LogP contribution < -0.4 is 21.1 Å². The summed E-state index contributed by atoms with van der Waals surface area (Å²) in [7, 11) is 0. The molecule has 8 heteroatoms. The van der Waals surface area contributed by atoms with Crippen molar-refractivity contribution < 1.29 is 9.53 Å². The first kappa shape index (κ1) is 20.3. The highest BCUT2D eigenvalue weighted by atomic mass is 16.6. The fraction of sp³-hybridized carbons (Fsp3) is 0.0800. The van der Waals surface area contributed by atoms with E-state index in [1.165, 1.54) is 0 Å². The number of hydrogen-bond donors (Lipinski definition) is 4. The smallest absolute Gasteiger partial charge is 0.410 e. The second kappa shape index (κ2) is 8.51. The highest BCUT2D eigenvalue weighted by molar-refractivity contribution is 5.92. The first-order valence-electron chi connectivity index (χ1n) is 10.5. The van der Waals surface area contributed by atoms with Gasteiger partial charge >= 0.3 is 6.09 Å². The Balaban J connectivity index is 1.19. The van der Waals surface area contributed by atoms with Crippen LogP contribution in [0, 0.1) is 6.92 Å². The van der Waals surface area contributed by atoms with Crippen LogP contribution in [0.3, 0.4) is 0 Å². The molecule has 1 amide bonds. The van der Waals surface area contributed by atoms with Crippen LogP contribution >= 0.6 is 0 Å². The molecule has 0 fully saturated rings. The third kappa shape index (κ3) is 4.54. The number of amides is 1. The minimum atomic E-state index is -0.577. The fourth-order valence-electron chi connectivity index (χ4n) is 3.64. The van der Waals surface area contributed by atoms with Gasteiger partial charge in [0.25, 0.3) is 0 Å². The van der Waals surface area contributed by atoms with Gasteiger partial charge in [-0.05, 0) is 67.1 Å². The second-order valence-electron chi connectivity index (χ2n) is 7.77. The predicted octanol–water partition coefficient (Wildman–Crippen LogP) is 5.22. The van der Waals surface area contributed by atoms with Gasteiger partial charge in [0.2, 0.25) is 0 Å². The normalized spacial score (nSPS) is 10.9. The van der Waals surface area contributed by atoms with Crippen molar-refractivity contribution >= 4 is 45.0 Å². The molecule has 33 heavy (non-hydrogen) atoms. The number of nitrogens with zero attached hydrogens (tertiary/aromatic N) is 2. The molecule has 0 unspecified atom stereocenters. The topological polar surface area (TPSA) is 118 Å². The molecule has 0 bridgehead atoms. The van der Waals surface area contributed by atoms with Crippen LogP contribution in [0.25, 0.3) is 21.8 Å². The Labute approximate surface area is 189 Å². The molecule has 0 aliphatic carbocycles. The highest BCUT2D eigenvalue weighted by Crippen LogP contribution is 2.25. The lowest BCUT2D eigenvalue weighted by atomic mass is 10.1. The number of nitrogens with one attached hydrogen (secondary N) is 3. The van der Waals surface area contributed by atoms with E-state index in [-0.39, 0.29) is 0 Å². The van der Waals surface area contributed by atoms with Crippen molar-refractivity contribution in [2.75, 3.05) is 16.4 Å². The monoisotopic (exact) mass is 438 g/mol. The van der Waals surface area contributed by atoms with Gasteiger partial charge < -0.3 is 15.8 Å². The number of aromatic amines is 1. The SMILES string of the molecule is Cc1cc(N)c2cc(OC(=O)Nc3ccc(CNc4ccc5cn[nH]c5c4)cc3)ccc2n1. The van der Waals surface area contributed by atoms with Gasteiger partial charge in [-0.25, -0.2) is 4.79 Å². The van der Waals surface area contributed by atoms with E-state index in [1.807, 2.05) is 49.4 Å². The molecule has 0 atom stereocenters. The van der Waals surface area contributed by atoms with Crippen LogP contribution in [-0.2, 0) is 6.54 Å².